The molecular weight excluding hydrogens is 260 g/mol. The van der Waals surface area contributed by atoms with Crippen LogP contribution in [-0.2, 0) is 13.2 Å². The van der Waals surface area contributed by atoms with Crippen LogP contribution in [0.5, 0.6) is 0 Å². The van der Waals surface area contributed by atoms with Crippen molar-refractivity contribution in [2.24, 2.45) is 0 Å². The lowest BCUT2D eigenvalue weighted by Gasteiger charge is -2.25. The van der Waals surface area contributed by atoms with Gasteiger partial charge in [0.15, 0.2) is 0 Å². The first-order valence-corrected chi connectivity index (χ1v) is 6.66. The van der Waals surface area contributed by atoms with Gasteiger partial charge in [0.25, 0.3) is 0 Å². The van der Waals surface area contributed by atoms with Crippen LogP contribution in [0, 0.1) is 0 Å². The Morgan fingerprint density at radius 2 is 2.11 bits per heavy atom. The van der Waals surface area contributed by atoms with E-state index in [2.05, 4.69) is 16.8 Å². The third kappa shape index (κ3) is 3.46. The predicted octanol–water partition coefficient (Wildman–Crippen LogP) is 3.25. The van der Waals surface area contributed by atoms with E-state index in [9.17, 15) is 5.11 Å². The number of nitrogens with zero attached hydrogens (tertiary/aromatic N) is 2. The second kappa shape index (κ2) is 6.55. The van der Waals surface area contributed by atoms with E-state index in [-0.39, 0.29) is 6.61 Å². The number of aliphatic hydroxyl groups is 1. The van der Waals surface area contributed by atoms with Gasteiger partial charge in [-0.05, 0) is 31.2 Å². The minimum absolute atomic E-state index is 0.00518. The minimum atomic E-state index is 0.00518. The van der Waals surface area contributed by atoms with E-state index in [1.165, 1.54) is 0 Å². The molecule has 4 heteroatoms. The summed E-state index contributed by atoms with van der Waals surface area (Å²) in [6.45, 7) is 3.60. The minimum Gasteiger partial charge on any atom is -0.392 e. The average Bonchev–Trinajstić information content (AvgIpc) is 2.46. The SMILES string of the molecule is CCN(Cc1ccccn1)c1cc(Cl)ccc1CO. The summed E-state index contributed by atoms with van der Waals surface area (Å²) in [4.78, 5) is 6.49. The standard InChI is InChI=1S/C15H17ClN2O/c1-2-18(10-14-5-3-4-8-17-14)15-9-13(16)7-6-12(15)11-19/h3-9,19H,2,10-11H2,1H3. The maximum absolute atomic E-state index is 9.43. The van der Waals surface area contributed by atoms with E-state index >= 15 is 0 Å². The lowest BCUT2D eigenvalue weighted by Crippen LogP contribution is -2.23. The van der Waals surface area contributed by atoms with Crippen LogP contribution in [0.15, 0.2) is 42.6 Å². The molecule has 2 aromatic rings. The molecule has 0 aliphatic rings. The molecule has 1 N–H and O–H groups in total. The summed E-state index contributed by atoms with van der Waals surface area (Å²) in [5.41, 5.74) is 2.83. The lowest BCUT2D eigenvalue weighted by molar-refractivity contribution is 0.282. The highest BCUT2D eigenvalue weighted by Gasteiger charge is 2.11. The lowest BCUT2D eigenvalue weighted by atomic mass is 10.1. The second-order valence-corrected chi connectivity index (χ2v) is 4.70. The summed E-state index contributed by atoms with van der Waals surface area (Å²) < 4.78 is 0. The summed E-state index contributed by atoms with van der Waals surface area (Å²) in [6, 6.07) is 11.4. The van der Waals surface area contributed by atoms with Gasteiger partial charge in [-0.2, -0.15) is 0 Å². The molecule has 3 nitrogen and oxygen atoms in total. The molecule has 0 unspecified atom stereocenters. The molecule has 2 rings (SSSR count). The molecular formula is C15H17ClN2O. The van der Waals surface area contributed by atoms with Gasteiger partial charge >= 0.3 is 0 Å². The van der Waals surface area contributed by atoms with E-state index in [0.29, 0.717) is 11.6 Å². The zero-order valence-electron chi connectivity index (χ0n) is 10.9. The zero-order chi connectivity index (χ0) is 13.7. The quantitative estimate of drug-likeness (QED) is 0.911. The fourth-order valence-electron chi connectivity index (χ4n) is 2.02. The van der Waals surface area contributed by atoms with Crippen molar-refractivity contribution in [2.45, 2.75) is 20.1 Å². The third-order valence-corrected chi connectivity index (χ3v) is 3.25. The summed E-state index contributed by atoms with van der Waals surface area (Å²) in [5.74, 6) is 0. The molecule has 0 bridgehead atoms. The molecule has 0 atom stereocenters. The fraction of sp³-hybridized carbons (Fsp3) is 0.267. The molecule has 0 fully saturated rings. The van der Waals surface area contributed by atoms with E-state index in [4.69, 9.17) is 11.6 Å². The van der Waals surface area contributed by atoms with Crippen LogP contribution in [-0.4, -0.2) is 16.6 Å². The normalized spacial score (nSPS) is 10.5. The van der Waals surface area contributed by atoms with Crippen molar-refractivity contribution in [3.8, 4) is 0 Å². The van der Waals surface area contributed by atoms with Gasteiger partial charge in [-0.3, -0.25) is 4.98 Å². The van der Waals surface area contributed by atoms with Crippen molar-refractivity contribution >= 4 is 17.3 Å². The fourth-order valence-corrected chi connectivity index (χ4v) is 2.19. The number of hydrogen-bond donors (Lipinski definition) is 1. The highest BCUT2D eigenvalue weighted by atomic mass is 35.5. The van der Waals surface area contributed by atoms with Crippen molar-refractivity contribution in [1.82, 2.24) is 4.98 Å². The summed E-state index contributed by atoms with van der Waals surface area (Å²) in [7, 11) is 0. The topological polar surface area (TPSA) is 36.4 Å². The molecule has 0 aliphatic heterocycles. The van der Waals surface area contributed by atoms with E-state index < -0.39 is 0 Å². The summed E-state index contributed by atoms with van der Waals surface area (Å²) in [5, 5.41) is 10.1. The molecule has 0 aliphatic carbocycles. The van der Waals surface area contributed by atoms with Crippen molar-refractivity contribution in [3.05, 3.63) is 58.9 Å². The maximum Gasteiger partial charge on any atom is 0.0702 e. The molecule has 0 radical (unpaired) electrons. The van der Waals surface area contributed by atoms with Crippen LogP contribution in [0.2, 0.25) is 5.02 Å². The Morgan fingerprint density at radius 3 is 2.74 bits per heavy atom. The van der Waals surface area contributed by atoms with E-state index in [1.807, 2.05) is 30.3 Å². The number of halogens is 1. The molecule has 1 heterocycles. The largest absolute Gasteiger partial charge is 0.392 e. The first-order valence-electron chi connectivity index (χ1n) is 6.28. The van der Waals surface area contributed by atoms with Crippen LogP contribution in [0.4, 0.5) is 5.69 Å². The molecule has 0 saturated carbocycles. The Morgan fingerprint density at radius 1 is 1.26 bits per heavy atom. The number of rotatable bonds is 5. The molecule has 100 valence electrons. The van der Waals surface area contributed by atoms with Crippen molar-refractivity contribution in [2.75, 3.05) is 11.4 Å². The van der Waals surface area contributed by atoms with Gasteiger partial charge in [0, 0.05) is 29.0 Å². The summed E-state index contributed by atoms with van der Waals surface area (Å²) >= 11 is 6.05. The van der Waals surface area contributed by atoms with E-state index in [0.717, 1.165) is 23.5 Å². The first-order chi connectivity index (χ1) is 9.24. The Kier molecular flexibility index (Phi) is 4.77. The molecule has 0 saturated heterocycles. The van der Waals surface area contributed by atoms with Gasteiger partial charge in [0.1, 0.15) is 0 Å². The Balaban J connectivity index is 2.29. The summed E-state index contributed by atoms with van der Waals surface area (Å²) in [6.07, 6.45) is 1.79. The Bertz CT molecular complexity index is 531. The average molecular weight is 277 g/mol. The van der Waals surface area contributed by atoms with Gasteiger partial charge in [-0.15, -0.1) is 0 Å². The van der Waals surface area contributed by atoms with Crippen LogP contribution in [0.25, 0.3) is 0 Å². The van der Waals surface area contributed by atoms with Crippen molar-refractivity contribution in [1.29, 1.82) is 0 Å². The van der Waals surface area contributed by atoms with Crippen molar-refractivity contribution < 1.29 is 5.11 Å². The highest BCUT2D eigenvalue weighted by Crippen LogP contribution is 2.26. The van der Waals surface area contributed by atoms with Crippen molar-refractivity contribution in [3.63, 3.8) is 0 Å². The first kappa shape index (κ1) is 13.8. The van der Waals surface area contributed by atoms with Gasteiger partial charge in [0.2, 0.25) is 0 Å². The van der Waals surface area contributed by atoms with Gasteiger partial charge in [-0.25, -0.2) is 0 Å². The van der Waals surface area contributed by atoms with Crippen LogP contribution >= 0.6 is 11.6 Å². The zero-order valence-corrected chi connectivity index (χ0v) is 11.6. The maximum atomic E-state index is 9.43. The number of benzene rings is 1. The number of pyridine rings is 1. The monoisotopic (exact) mass is 276 g/mol. The van der Waals surface area contributed by atoms with Crippen LogP contribution in [0.3, 0.4) is 0 Å². The van der Waals surface area contributed by atoms with E-state index in [1.54, 1.807) is 12.3 Å². The number of aromatic nitrogens is 1. The van der Waals surface area contributed by atoms with Gasteiger partial charge in [0.05, 0.1) is 18.8 Å². The molecule has 0 amide bonds. The number of anilines is 1. The van der Waals surface area contributed by atoms with Gasteiger partial charge in [-0.1, -0.05) is 23.7 Å². The molecule has 1 aromatic carbocycles. The molecule has 0 spiro atoms. The number of hydrogen-bond acceptors (Lipinski definition) is 3. The Hall–Kier alpha value is -1.58. The highest BCUT2D eigenvalue weighted by molar-refractivity contribution is 6.30. The molecule has 1 aromatic heterocycles. The van der Waals surface area contributed by atoms with Gasteiger partial charge < -0.3 is 10.0 Å². The Labute approximate surface area is 118 Å². The van der Waals surface area contributed by atoms with Crippen LogP contribution in [0.1, 0.15) is 18.2 Å². The van der Waals surface area contributed by atoms with Crippen LogP contribution < -0.4 is 4.90 Å². The number of aliphatic hydroxyl groups excluding tert-OH is 1. The predicted molar refractivity (Wildman–Crippen MR) is 78.3 cm³/mol. The third-order valence-electron chi connectivity index (χ3n) is 3.02. The smallest absolute Gasteiger partial charge is 0.0702 e. The second-order valence-electron chi connectivity index (χ2n) is 4.27. The molecule has 19 heavy (non-hydrogen) atoms.